The topological polar surface area (TPSA) is 29.5 Å². The first-order valence-corrected chi connectivity index (χ1v) is 17.3. The molecule has 8 aromatic carbocycles. The molecule has 0 atom stereocenters. The van der Waals surface area contributed by atoms with Crippen LogP contribution in [0.2, 0.25) is 0 Å². The lowest BCUT2D eigenvalue weighted by Gasteiger charge is -2.27. The van der Waals surface area contributed by atoms with Gasteiger partial charge >= 0.3 is 0 Å². The summed E-state index contributed by atoms with van der Waals surface area (Å²) < 4.78 is 12.9. The highest BCUT2D eigenvalue weighted by Gasteiger charge is 2.21. The molecule has 0 unspecified atom stereocenters. The number of rotatable bonds is 6. The van der Waals surface area contributed by atoms with Gasteiger partial charge in [0.2, 0.25) is 0 Å². The van der Waals surface area contributed by atoms with E-state index in [-0.39, 0.29) is 0 Å². The third-order valence-electron chi connectivity index (χ3n) is 9.87. The maximum absolute atomic E-state index is 6.48. The molecule has 51 heavy (non-hydrogen) atoms. The van der Waals surface area contributed by atoms with Crippen LogP contribution in [-0.2, 0) is 0 Å². The van der Waals surface area contributed by atoms with Gasteiger partial charge in [-0.15, -0.1) is 0 Å². The van der Waals surface area contributed by atoms with Crippen molar-refractivity contribution in [2.45, 2.75) is 0 Å². The molecule has 10 rings (SSSR count). The zero-order valence-electron chi connectivity index (χ0n) is 27.7. The number of hydrogen-bond acceptors (Lipinski definition) is 3. The molecule has 0 amide bonds. The molecule has 2 heterocycles. The van der Waals surface area contributed by atoms with E-state index in [0.717, 1.165) is 83.2 Å². The van der Waals surface area contributed by atoms with Crippen LogP contribution in [0.1, 0.15) is 0 Å². The van der Waals surface area contributed by atoms with E-state index in [0.29, 0.717) is 0 Å². The van der Waals surface area contributed by atoms with Crippen molar-refractivity contribution in [1.29, 1.82) is 0 Å². The first-order chi connectivity index (χ1) is 25.3. The van der Waals surface area contributed by atoms with Crippen LogP contribution in [0.5, 0.6) is 0 Å². The summed E-state index contributed by atoms with van der Waals surface area (Å²) in [6, 6.07) is 66.2. The summed E-state index contributed by atoms with van der Waals surface area (Å²) in [5.41, 5.74) is 13.5. The van der Waals surface area contributed by atoms with Crippen molar-refractivity contribution in [3.63, 3.8) is 0 Å². The fraction of sp³-hybridized carbons (Fsp3) is 0. The van der Waals surface area contributed by atoms with E-state index in [1.807, 2.05) is 24.3 Å². The average molecular weight is 654 g/mol. The van der Waals surface area contributed by atoms with Crippen molar-refractivity contribution < 1.29 is 8.83 Å². The molecule has 0 fully saturated rings. The Labute approximate surface area is 295 Å². The van der Waals surface area contributed by atoms with Crippen LogP contribution in [0.25, 0.3) is 77.3 Å². The highest BCUT2D eigenvalue weighted by molar-refractivity contribution is 6.14. The summed E-state index contributed by atoms with van der Waals surface area (Å²) in [5.74, 6) is 0. The summed E-state index contributed by atoms with van der Waals surface area (Å²) in [4.78, 5) is 2.36. The number of benzene rings is 8. The number of fused-ring (bicyclic) bond motifs is 6. The smallest absolute Gasteiger partial charge is 0.143 e. The summed E-state index contributed by atoms with van der Waals surface area (Å²) in [6.45, 7) is 0. The van der Waals surface area contributed by atoms with Gasteiger partial charge in [-0.3, -0.25) is 0 Å². The van der Waals surface area contributed by atoms with Crippen molar-refractivity contribution in [3.8, 4) is 33.4 Å². The van der Waals surface area contributed by atoms with Gasteiger partial charge in [0.1, 0.15) is 22.3 Å². The number of nitrogens with zero attached hydrogens (tertiary/aromatic N) is 1. The van der Waals surface area contributed by atoms with Crippen LogP contribution in [0.4, 0.5) is 17.1 Å². The minimum Gasteiger partial charge on any atom is -0.456 e. The van der Waals surface area contributed by atoms with Crippen molar-refractivity contribution in [3.05, 3.63) is 188 Å². The van der Waals surface area contributed by atoms with Crippen molar-refractivity contribution in [2.24, 2.45) is 0 Å². The molecule has 0 saturated heterocycles. The second-order valence-corrected chi connectivity index (χ2v) is 12.9. The molecule has 3 nitrogen and oxygen atoms in total. The zero-order chi connectivity index (χ0) is 33.7. The summed E-state index contributed by atoms with van der Waals surface area (Å²) in [5, 5.41) is 4.41. The van der Waals surface area contributed by atoms with Crippen LogP contribution in [-0.4, -0.2) is 0 Å². The van der Waals surface area contributed by atoms with Crippen molar-refractivity contribution >= 4 is 60.9 Å². The largest absolute Gasteiger partial charge is 0.456 e. The summed E-state index contributed by atoms with van der Waals surface area (Å²) in [6.07, 6.45) is 0. The van der Waals surface area contributed by atoms with Gasteiger partial charge in [0.25, 0.3) is 0 Å². The van der Waals surface area contributed by atoms with Gasteiger partial charge in [-0.2, -0.15) is 0 Å². The fourth-order valence-electron chi connectivity index (χ4n) is 7.47. The van der Waals surface area contributed by atoms with E-state index in [4.69, 9.17) is 8.83 Å². The third-order valence-corrected chi connectivity index (χ3v) is 9.87. The van der Waals surface area contributed by atoms with E-state index in [1.165, 1.54) is 11.1 Å². The molecule has 0 aliphatic carbocycles. The Balaban J connectivity index is 1.15. The Bertz CT molecular complexity index is 2860. The van der Waals surface area contributed by atoms with Gasteiger partial charge in [0.05, 0.1) is 11.1 Å². The van der Waals surface area contributed by atoms with E-state index in [2.05, 4.69) is 169 Å². The number of hydrogen-bond donors (Lipinski definition) is 0. The number of para-hydroxylation sites is 3. The van der Waals surface area contributed by atoms with Gasteiger partial charge < -0.3 is 13.7 Å². The van der Waals surface area contributed by atoms with Crippen LogP contribution in [0.3, 0.4) is 0 Å². The lowest BCUT2D eigenvalue weighted by atomic mass is 9.99. The van der Waals surface area contributed by atoms with Crippen LogP contribution < -0.4 is 4.90 Å². The Morgan fingerprint density at radius 2 is 0.863 bits per heavy atom. The maximum Gasteiger partial charge on any atom is 0.143 e. The summed E-state index contributed by atoms with van der Waals surface area (Å²) in [7, 11) is 0. The van der Waals surface area contributed by atoms with Crippen molar-refractivity contribution in [2.75, 3.05) is 4.90 Å². The molecule has 0 N–H and O–H groups in total. The molecule has 2 aromatic heterocycles. The molecule has 0 radical (unpaired) electrons. The second kappa shape index (κ2) is 11.9. The van der Waals surface area contributed by atoms with Crippen molar-refractivity contribution in [1.82, 2.24) is 0 Å². The molecule has 3 heteroatoms. The first kappa shape index (κ1) is 29.1. The molecule has 0 spiro atoms. The van der Waals surface area contributed by atoms with Gasteiger partial charge in [0, 0.05) is 33.1 Å². The standard InChI is InChI=1S/C48H31NO2/c1-2-12-32(13-3-1)33-26-28-34(29-27-33)35-14-8-16-37(30-35)49(43-22-11-25-46-47(43)42-19-5-7-24-45(42)50-46)38-17-9-15-36(31-38)39-20-10-21-41-40-18-4-6-23-44(40)51-48(39)41/h1-31H. The minimum atomic E-state index is 0.856. The highest BCUT2D eigenvalue weighted by atomic mass is 16.3. The monoisotopic (exact) mass is 653 g/mol. The van der Waals surface area contributed by atoms with E-state index < -0.39 is 0 Å². The van der Waals surface area contributed by atoms with Crippen LogP contribution in [0.15, 0.2) is 197 Å². The van der Waals surface area contributed by atoms with Crippen LogP contribution in [0, 0.1) is 0 Å². The fourth-order valence-corrected chi connectivity index (χ4v) is 7.47. The molecular formula is C48H31NO2. The molecular weight excluding hydrogens is 623 g/mol. The molecule has 0 bridgehead atoms. The Hall–Kier alpha value is -6.84. The molecule has 0 aliphatic rings. The molecule has 240 valence electrons. The van der Waals surface area contributed by atoms with Gasteiger partial charge in [0.15, 0.2) is 0 Å². The third kappa shape index (κ3) is 4.98. The quantitative estimate of drug-likeness (QED) is 0.179. The highest BCUT2D eigenvalue weighted by Crippen LogP contribution is 2.45. The minimum absolute atomic E-state index is 0.856. The van der Waals surface area contributed by atoms with E-state index in [9.17, 15) is 0 Å². The molecule has 0 saturated carbocycles. The second-order valence-electron chi connectivity index (χ2n) is 12.9. The lowest BCUT2D eigenvalue weighted by Crippen LogP contribution is -2.10. The lowest BCUT2D eigenvalue weighted by molar-refractivity contribution is 0.669. The predicted molar refractivity (Wildman–Crippen MR) is 212 cm³/mol. The Morgan fingerprint density at radius 1 is 0.333 bits per heavy atom. The predicted octanol–water partition coefficient (Wildman–Crippen LogP) is 14.0. The SMILES string of the molecule is c1ccc(-c2ccc(-c3cccc(N(c4cccc(-c5cccc6c5oc5ccccc56)c4)c4cccc5oc6ccccc6c45)c3)cc2)cc1. The summed E-state index contributed by atoms with van der Waals surface area (Å²) >= 11 is 0. The number of anilines is 3. The zero-order valence-corrected chi connectivity index (χ0v) is 27.7. The maximum atomic E-state index is 6.48. The average Bonchev–Trinajstić information content (AvgIpc) is 3.78. The molecule has 10 aromatic rings. The van der Waals surface area contributed by atoms with E-state index in [1.54, 1.807) is 0 Å². The van der Waals surface area contributed by atoms with Gasteiger partial charge in [-0.1, -0.05) is 140 Å². The first-order valence-electron chi connectivity index (χ1n) is 17.3. The van der Waals surface area contributed by atoms with E-state index >= 15 is 0 Å². The normalized spacial score (nSPS) is 11.5. The molecule has 0 aliphatic heterocycles. The number of furan rings is 2. The Kier molecular flexibility index (Phi) is 6.81. The van der Waals surface area contributed by atoms with Crippen LogP contribution >= 0.6 is 0 Å². The van der Waals surface area contributed by atoms with Gasteiger partial charge in [-0.25, -0.2) is 0 Å². The van der Waals surface area contributed by atoms with Gasteiger partial charge in [-0.05, 0) is 76.3 Å². The Morgan fingerprint density at radius 3 is 1.65 bits per heavy atom.